The number of aromatic nitrogens is 1. The molecule has 1 saturated carbocycles. The summed E-state index contributed by atoms with van der Waals surface area (Å²) in [6, 6.07) is 4.48. The van der Waals surface area contributed by atoms with Crippen molar-refractivity contribution in [1.82, 2.24) is 9.88 Å². The molecule has 6 nitrogen and oxygen atoms in total. The molecule has 160 valence electrons. The molecule has 0 atom stereocenters. The van der Waals surface area contributed by atoms with Crippen LogP contribution in [-0.2, 0) is 6.42 Å². The zero-order chi connectivity index (χ0) is 21.5. The first-order valence-electron chi connectivity index (χ1n) is 10.7. The number of aliphatic imine (C=N–C) groups is 1. The molecule has 1 amide bonds. The molecule has 0 spiro atoms. The van der Waals surface area contributed by atoms with Crippen molar-refractivity contribution >= 4 is 29.3 Å². The lowest BCUT2D eigenvalue weighted by Crippen LogP contribution is -2.14. The van der Waals surface area contributed by atoms with Crippen LogP contribution < -0.4 is 0 Å². The Hall–Kier alpha value is -2.41. The van der Waals surface area contributed by atoms with E-state index in [0.717, 1.165) is 35.6 Å². The summed E-state index contributed by atoms with van der Waals surface area (Å²) in [5, 5.41) is 10.9. The van der Waals surface area contributed by atoms with Gasteiger partial charge in [-0.1, -0.05) is 25.3 Å². The fourth-order valence-electron chi connectivity index (χ4n) is 3.47. The van der Waals surface area contributed by atoms with E-state index in [0.29, 0.717) is 12.1 Å². The summed E-state index contributed by atoms with van der Waals surface area (Å²) >= 11 is 1.50. The maximum absolute atomic E-state index is 12.3. The fourth-order valence-corrected chi connectivity index (χ4v) is 4.26. The number of thiazole rings is 1. The standard InChI is InChI=1S/C23H31N5OS/c1-5-28(4)15-24-20-12-16(2)18(11-17(20)3)13-22-25-21(14-30-22)23(29)27-26-19-9-7-6-8-10-19/h11-12,14-15,19H,5-10,13H2,1-4H3/b24-15+,27-26?. The maximum Gasteiger partial charge on any atom is 0.314 e. The first-order chi connectivity index (χ1) is 14.5. The molecule has 1 aliphatic carbocycles. The number of rotatable bonds is 7. The summed E-state index contributed by atoms with van der Waals surface area (Å²) in [7, 11) is 2.01. The number of azo groups is 1. The van der Waals surface area contributed by atoms with Crippen molar-refractivity contribution < 1.29 is 4.79 Å². The van der Waals surface area contributed by atoms with Crippen molar-refractivity contribution in [3.63, 3.8) is 0 Å². The molecule has 1 heterocycles. The summed E-state index contributed by atoms with van der Waals surface area (Å²) in [6.07, 6.45) is 8.25. The monoisotopic (exact) mass is 425 g/mol. The van der Waals surface area contributed by atoms with E-state index < -0.39 is 0 Å². The van der Waals surface area contributed by atoms with Crippen molar-refractivity contribution in [2.24, 2.45) is 15.2 Å². The molecule has 1 aromatic carbocycles. The first-order valence-corrected chi connectivity index (χ1v) is 11.6. The van der Waals surface area contributed by atoms with E-state index in [-0.39, 0.29) is 11.9 Å². The van der Waals surface area contributed by atoms with Gasteiger partial charge in [-0.05, 0) is 56.4 Å². The van der Waals surface area contributed by atoms with Crippen molar-refractivity contribution in [2.75, 3.05) is 13.6 Å². The molecule has 7 heteroatoms. The second kappa shape index (κ2) is 10.6. The quantitative estimate of drug-likeness (QED) is 0.316. The van der Waals surface area contributed by atoms with Gasteiger partial charge in [0.05, 0.1) is 23.1 Å². The van der Waals surface area contributed by atoms with Crippen LogP contribution in [0.25, 0.3) is 0 Å². The largest absolute Gasteiger partial charge is 0.366 e. The van der Waals surface area contributed by atoms with Gasteiger partial charge in [0.25, 0.3) is 0 Å². The Labute approximate surface area is 183 Å². The SMILES string of the molecule is CCN(C)/C=N/c1cc(C)c(Cc2nc(C(=O)N=NC3CCCCC3)cs2)cc1C. The Morgan fingerprint density at radius 2 is 2.00 bits per heavy atom. The average Bonchev–Trinajstić information content (AvgIpc) is 3.22. The highest BCUT2D eigenvalue weighted by molar-refractivity contribution is 7.09. The van der Waals surface area contributed by atoms with Gasteiger partial charge in [-0.15, -0.1) is 16.5 Å². The zero-order valence-electron chi connectivity index (χ0n) is 18.4. The van der Waals surface area contributed by atoms with E-state index in [2.05, 4.69) is 53.1 Å². The van der Waals surface area contributed by atoms with Gasteiger partial charge < -0.3 is 4.90 Å². The van der Waals surface area contributed by atoms with E-state index in [1.165, 1.54) is 41.7 Å². The van der Waals surface area contributed by atoms with Gasteiger partial charge in [0.1, 0.15) is 5.69 Å². The third-order valence-electron chi connectivity index (χ3n) is 5.55. The minimum absolute atomic E-state index is 0.199. The predicted molar refractivity (Wildman–Crippen MR) is 123 cm³/mol. The highest BCUT2D eigenvalue weighted by Crippen LogP contribution is 2.26. The molecule has 2 aromatic rings. The van der Waals surface area contributed by atoms with Gasteiger partial charge in [0.15, 0.2) is 0 Å². The average molecular weight is 426 g/mol. The van der Waals surface area contributed by atoms with E-state index in [9.17, 15) is 4.79 Å². The Morgan fingerprint density at radius 1 is 1.23 bits per heavy atom. The Bertz CT molecular complexity index is 928. The number of hydrogen-bond acceptors (Lipinski definition) is 5. The molecule has 1 fully saturated rings. The van der Waals surface area contributed by atoms with Crippen molar-refractivity contribution in [3.8, 4) is 0 Å². The minimum Gasteiger partial charge on any atom is -0.366 e. The van der Waals surface area contributed by atoms with E-state index >= 15 is 0 Å². The molecule has 30 heavy (non-hydrogen) atoms. The van der Waals surface area contributed by atoms with Crippen LogP contribution in [0.15, 0.2) is 32.7 Å². The highest BCUT2D eigenvalue weighted by atomic mass is 32.1. The van der Waals surface area contributed by atoms with Crippen molar-refractivity contribution in [1.29, 1.82) is 0 Å². The lowest BCUT2D eigenvalue weighted by atomic mass is 9.96. The third-order valence-corrected chi connectivity index (χ3v) is 6.40. The molecule has 0 N–H and O–H groups in total. The van der Waals surface area contributed by atoms with Crippen LogP contribution in [0.2, 0.25) is 0 Å². The van der Waals surface area contributed by atoms with Crippen molar-refractivity contribution in [3.05, 3.63) is 44.9 Å². The predicted octanol–water partition coefficient (Wildman–Crippen LogP) is 5.89. The van der Waals surface area contributed by atoms with Crippen LogP contribution in [0, 0.1) is 13.8 Å². The molecule has 0 bridgehead atoms. The number of nitrogens with zero attached hydrogens (tertiary/aromatic N) is 5. The lowest BCUT2D eigenvalue weighted by molar-refractivity contribution is 0.0987. The molecular weight excluding hydrogens is 394 g/mol. The van der Waals surface area contributed by atoms with E-state index in [1.807, 2.05) is 18.3 Å². The second-order valence-corrected chi connectivity index (χ2v) is 8.94. The Balaban J connectivity index is 1.66. The van der Waals surface area contributed by atoms with Gasteiger partial charge in [0, 0.05) is 25.4 Å². The summed E-state index contributed by atoms with van der Waals surface area (Å²) in [5.74, 6) is -0.333. The van der Waals surface area contributed by atoms with E-state index in [1.54, 1.807) is 5.38 Å². The van der Waals surface area contributed by atoms with Gasteiger partial charge >= 0.3 is 5.91 Å². The van der Waals surface area contributed by atoms with Gasteiger partial charge in [-0.2, -0.15) is 5.11 Å². The molecule has 1 aromatic heterocycles. The molecule has 0 radical (unpaired) electrons. The molecule has 0 saturated heterocycles. The number of amides is 1. The molecule has 0 unspecified atom stereocenters. The van der Waals surface area contributed by atoms with Gasteiger partial charge in [-0.25, -0.2) is 9.98 Å². The topological polar surface area (TPSA) is 70.3 Å². The minimum atomic E-state index is -0.333. The summed E-state index contributed by atoms with van der Waals surface area (Å²) in [4.78, 5) is 23.5. The van der Waals surface area contributed by atoms with Crippen molar-refractivity contribution in [2.45, 2.75) is 65.3 Å². The summed E-state index contributed by atoms with van der Waals surface area (Å²) < 4.78 is 0. The smallest absolute Gasteiger partial charge is 0.314 e. The molecule has 3 rings (SSSR count). The van der Waals surface area contributed by atoms with Gasteiger partial charge in [0.2, 0.25) is 0 Å². The van der Waals surface area contributed by atoms with Crippen LogP contribution in [0.4, 0.5) is 5.69 Å². The van der Waals surface area contributed by atoms with Crippen LogP contribution in [0.1, 0.15) is 71.2 Å². The highest BCUT2D eigenvalue weighted by Gasteiger charge is 2.15. The molecular formula is C23H31N5OS. The summed E-state index contributed by atoms with van der Waals surface area (Å²) in [5.41, 5.74) is 4.88. The third kappa shape index (κ3) is 6.05. The fraction of sp³-hybridized carbons (Fsp3) is 0.522. The number of aryl methyl sites for hydroxylation is 2. The van der Waals surface area contributed by atoms with Crippen LogP contribution in [0.5, 0.6) is 0 Å². The number of carbonyl (C=O) groups excluding carboxylic acids is 1. The number of hydrogen-bond donors (Lipinski definition) is 0. The number of benzene rings is 1. The van der Waals surface area contributed by atoms with Crippen LogP contribution >= 0.6 is 11.3 Å². The summed E-state index contributed by atoms with van der Waals surface area (Å²) in [6.45, 7) is 7.18. The zero-order valence-corrected chi connectivity index (χ0v) is 19.2. The second-order valence-electron chi connectivity index (χ2n) is 8.00. The normalized spacial score (nSPS) is 15.3. The maximum atomic E-state index is 12.3. The molecule has 0 aliphatic heterocycles. The van der Waals surface area contributed by atoms with Crippen LogP contribution in [-0.4, -0.2) is 41.8 Å². The Kier molecular flexibility index (Phi) is 7.85. The molecule has 1 aliphatic rings. The Morgan fingerprint density at radius 3 is 2.73 bits per heavy atom. The van der Waals surface area contributed by atoms with Crippen LogP contribution in [0.3, 0.4) is 0 Å². The van der Waals surface area contributed by atoms with E-state index in [4.69, 9.17) is 0 Å². The lowest BCUT2D eigenvalue weighted by Gasteiger charge is -2.15. The first kappa shape index (κ1) is 22.3. The van der Waals surface area contributed by atoms with Gasteiger partial charge in [-0.3, -0.25) is 4.79 Å². The number of carbonyl (C=O) groups is 1.